The number of rotatable bonds is 3. The van der Waals surface area contributed by atoms with Gasteiger partial charge in [-0.15, -0.1) is 23.2 Å². The zero-order chi connectivity index (χ0) is 16.2. The molecule has 23 heavy (non-hydrogen) atoms. The van der Waals surface area contributed by atoms with Gasteiger partial charge in [0.15, 0.2) is 0 Å². The lowest BCUT2D eigenvalue weighted by atomic mass is 10.0. The smallest absolute Gasteiger partial charge is 0.228 e. The molecule has 3 fully saturated rings. The van der Waals surface area contributed by atoms with Gasteiger partial charge in [-0.3, -0.25) is 4.79 Å². The van der Waals surface area contributed by atoms with E-state index in [9.17, 15) is 4.79 Å². The van der Waals surface area contributed by atoms with E-state index in [1.165, 1.54) is 0 Å². The summed E-state index contributed by atoms with van der Waals surface area (Å²) >= 11 is 12.7. The Morgan fingerprint density at radius 3 is 2.17 bits per heavy atom. The lowest BCUT2D eigenvalue weighted by Crippen LogP contribution is -2.15. The molecule has 0 aliphatic heterocycles. The number of carbonyl (C=O) groups excluding carboxylic acids is 1. The van der Waals surface area contributed by atoms with Crippen LogP contribution in [0.5, 0.6) is 5.75 Å². The van der Waals surface area contributed by atoms with E-state index in [0.717, 1.165) is 37.1 Å². The zero-order valence-electron chi connectivity index (χ0n) is 13.1. The Morgan fingerprint density at radius 2 is 1.65 bits per heavy atom. The maximum atomic E-state index is 12.5. The fourth-order valence-corrected chi connectivity index (χ4v) is 5.43. The first kappa shape index (κ1) is 15.6. The molecule has 0 radical (unpaired) electrons. The van der Waals surface area contributed by atoms with Gasteiger partial charge < -0.3 is 10.1 Å². The lowest BCUT2D eigenvalue weighted by molar-refractivity contribution is -0.117. The summed E-state index contributed by atoms with van der Waals surface area (Å²) < 4.78 is 4.65. The van der Waals surface area contributed by atoms with Gasteiger partial charge in [-0.05, 0) is 73.6 Å². The van der Waals surface area contributed by atoms with Crippen LogP contribution in [0.3, 0.4) is 0 Å². The number of benzene rings is 1. The highest BCUT2D eigenvalue weighted by molar-refractivity contribution is 6.51. The van der Waals surface area contributed by atoms with Gasteiger partial charge in [0, 0.05) is 11.6 Å². The minimum atomic E-state index is -0.488. The number of amides is 1. The molecule has 0 heterocycles. The van der Waals surface area contributed by atoms with E-state index in [2.05, 4.69) is 5.32 Å². The van der Waals surface area contributed by atoms with Crippen molar-refractivity contribution in [1.82, 2.24) is 0 Å². The third kappa shape index (κ3) is 2.72. The molecule has 4 atom stereocenters. The predicted octanol–water partition coefficient (Wildman–Crippen LogP) is 4.49. The van der Waals surface area contributed by atoms with Crippen molar-refractivity contribution >= 4 is 34.8 Å². The third-order valence-electron chi connectivity index (χ3n) is 5.98. The van der Waals surface area contributed by atoms with Crippen molar-refractivity contribution in [2.75, 3.05) is 12.4 Å². The van der Waals surface area contributed by atoms with Crippen LogP contribution in [-0.2, 0) is 4.79 Å². The number of alkyl halides is 2. The molecule has 3 saturated carbocycles. The van der Waals surface area contributed by atoms with Crippen molar-refractivity contribution < 1.29 is 9.53 Å². The van der Waals surface area contributed by atoms with Crippen LogP contribution < -0.4 is 10.1 Å². The standard InChI is InChI=1S/C18H21Cl2NO2/c1-23-11-4-2-10(3-5-11)21-17(22)16-12-6-8-14-15(18(14,19)20)9-7-13(12)16/h2-5,12-16H,6-9H2,1H3,(H,21,22)/t12-,13-,14+,15+/m0/s1. The largest absolute Gasteiger partial charge is 0.497 e. The number of halogens is 2. The third-order valence-corrected chi connectivity index (χ3v) is 7.10. The van der Waals surface area contributed by atoms with Gasteiger partial charge in [-0.2, -0.15) is 0 Å². The van der Waals surface area contributed by atoms with Gasteiger partial charge in [-0.1, -0.05) is 0 Å². The number of fused-ring (bicyclic) bond motifs is 2. The summed E-state index contributed by atoms with van der Waals surface area (Å²) in [4.78, 5) is 12.5. The monoisotopic (exact) mass is 353 g/mol. The quantitative estimate of drug-likeness (QED) is 0.813. The predicted molar refractivity (Wildman–Crippen MR) is 92.0 cm³/mol. The van der Waals surface area contributed by atoms with Crippen LogP contribution >= 0.6 is 23.2 Å². The number of nitrogens with one attached hydrogen (secondary N) is 1. The Bertz CT molecular complexity index is 594. The summed E-state index contributed by atoms with van der Waals surface area (Å²) in [5.41, 5.74) is 0.832. The second kappa shape index (κ2) is 5.56. The topological polar surface area (TPSA) is 38.3 Å². The van der Waals surface area contributed by atoms with E-state index in [-0.39, 0.29) is 11.8 Å². The minimum absolute atomic E-state index is 0.156. The summed E-state index contributed by atoms with van der Waals surface area (Å²) in [5.74, 6) is 3.02. The van der Waals surface area contributed by atoms with Crippen LogP contribution in [0.4, 0.5) is 5.69 Å². The highest BCUT2D eigenvalue weighted by Gasteiger charge is 2.65. The van der Waals surface area contributed by atoms with Crippen molar-refractivity contribution in [3.63, 3.8) is 0 Å². The second-order valence-electron chi connectivity index (χ2n) is 7.11. The second-order valence-corrected chi connectivity index (χ2v) is 8.56. The summed E-state index contributed by atoms with van der Waals surface area (Å²) in [6.45, 7) is 0. The molecule has 0 spiro atoms. The Kier molecular flexibility index (Phi) is 3.77. The summed E-state index contributed by atoms with van der Waals surface area (Å²) in [5, 5.41) is 3.04. The van der Waals surface area contributed by atoms with E-state index in [0.29, 0.717) is 23.7 Å². The number of ether oxygens (including phenoxy) is 1. The molecule has 3 aliphatic rings. The van der Waals surface area contributed by atoms with E-state index in [4.69, 9.17) is 27.9 Å². The van der Waals surface area contributed by atoms with E-state index >= 15 is 0 Å². The Hall–Kier alpha value is -0.930. The van der Waals surface area contributed by atoms with Crippen LogP contribution in [0.15, 0.2) is 24.3 Å². The molecule has 4 rings (SSSR count). The van der Waals surface area contributed by atoms with Crippen molar-refractivity contribution in [3.8, 4) is 5.75 Å². The molecule has 3 nitrogen and oxygen atoms in total. The van der Waals surface area contributed by atoms with Gasteiger partial charge in [-0.25, -0.2) is 0 Å². The number of hydrogen-bond acceptors (Lipinski definition) is 2. The summed E-state index contributed by atoms with van der Waals surface area (Å²) in [6, 6.07) is 7.48. The lowest BCUT2D eigenvalue weighted by Gasteiger charge is -2.06. The highest BCUT2D eigenvalue weighted by Crippen LogP contribution is 2.67. The van der Waals surface area contributed by atoms with Crippen molar-refractivity contribution in [2.24, 2.45) is 29.6 Å². The maximum absolute atomic E-state index is 12.5. The number of methoxy groups -OCH3 is 1. The van der Waals surface area contributed by atoms with Crippen LogP contribution in [0, 0.1) is 29.6 Å². The molecule has 0 saturated heterocycles. The van der Waals surface area contributed by atoms with Gasteiger partial charge in [0.2, 0.25) is 5.91 Å². The van der Waals surface area contributed by atoms with Crippen LogP contribution in [0.1, 0.15) is 25.7 Å². The highest BCUT2D eigenvalue weighted by atomic mass is 35.5. The molecule has 0 aromatic heterocycles. The molecular formula is C18H21Cl2NO2. The Labute approximate surface area is 146 Å². The van der Waals surface area contributed by atoms with Gasteiger partial charge in [0.1, 0.15) is 10.1 Å². The van der Waals surface area contributed by atoms with Crippen LogP contribution in [0.2, 0.25) is 0 Å². The van der Waals surface area contributed by atoms with Crippen molar-refractivity contribution in [3.05, 3.63) is 24.3 Å². The van der Waals surface area contributed by atoms with Gasteiger partial charge in [0.05, 0.1) is 7.11 Å². The Balaban J connectivity index is 1.36. The average Bonchev–Trinajstić information content (AvgIpc) is 3.33. The van der Waals surface area contributed by atoms with Gasteiger partial charge in [0.25, 0.3) is 0 Å². The molecule has 1 aromatic rings. The van der Waals surface area contributed by atoms with E-state index in [1.807, 2.05) is 24.3 Å². The van der Waals surface area contributed by atoms with Crippen molar-refractivity contribution in [2.45, 2.75) is 30.0 Å². The van der Waals surface area contributed by atoms with Gasteiger partial charge >= 0.3 is 0 Å². The molecule has 1 amide bonds. The molecule has 124 valence electrons. The first-order chi connectivity index (χ1) is 11.0. The number of anilines is 1. The molecule has 5 heteroatoms. The molecule has 0 unspecified atom stereocenters. The molecule has 1 aromatic carbocycles. The first-order valence-corrected chi connectivity index (χ1v) is 9.10. The first-order valence-electron chi connectivity index (χ1n) is 8.35. The summed E-state index contributed by atoms with van der Waals surface area (Å²) in [7, 11) is 1.63. The number of hydrogen-bond donors (Lipinski definition) is 1. The van der Waals surface area contributed by atoms with Crippen LogP contribution in [0.25, 0.3) is 0 Å². The summed E-state index contributed by atoms with van der Waals surface area (Å²) in [6.07, 6.45) is 4.28. The molecule has 1 N–H and O–H groups in total. The number of carbonyl (C=O) groups is 1. The van der Waals surface area contributed by atoms with Crippen molar-refractivity contribution in [1.29, 1.82) is 0 Å². The SMILES string of the molecule is COc1ccc(NC(=O)C2[C@H]3CC[C@@H]4[C@@H](CC[C@H]23)C4(Cl)Cl)cc1. The van der Waals surface area contributed by atoms with E-state index < -0.39 is 4.33 Å². The molecule has 3 aliphatic carbocycles. The minimum Gasteiger partial charge on any atom is -0.497 e. The fourth-order valence-electron chi connectivity index (χ4n) is 4.51. The van der Waals surface area contributed by atoms with Crippen LogP contribution in [-0.4, -0.2) is 17.4 Å². The normalized spacial score (nSPS) is 36.7. The average molecular weight is 354 g/mol. The Morgan fingerprint density at radius 1 is 1.09 bits per heavy atom. The maximum Gasteiger partial charge on any atom is 0.228 e. The van der Waals surface area contributed by atoms with E-state index in [1.54, 1.807) is 7.11 Å². The molecule has 0 bridgehead atoms. The molecular weight excluding hydrogens is 333 g/mol. The fraction of sp³-hybridized carbons (Fsp3) is 0.611. The zero-order valence-corrected chi connectivity index (χ0v) is 14.6.